The number of rotatable bonds is 4. The molecule has 23 heavy (non-hydrogen) atoms. The Morgan fingerprint density at radius 2 is 2.00 bits per heavy atom. The minimum Gasteiger partial charge on any atom is -0.481 e. The highest BCUT2D eigenvalue weighted by Gasteiger charge is 2.23. The maximum absolute atomic E-state index is 12.5. The fourth-order valence-corrected chi connectivity index (χ4v) is 2.56. The van der Waals surface area contributed by atoms with Crippen LogP contribution >= 0.6 is 0 Å². The zero-order valence-corrected chi connectivity index (χ0v) is 13.1. The number of ether oxygens (including phenoxy) is 1. The second-order valence-corrected chi connectivity index (χ2v) is 5.34. The lowest BCUT2D eigenvalue weighted by Gasteiger charge is -2.34. The van der Waals surface area contributed by atoms with Gasteiger partial charge in [-0.3, -0.25) is 14.7 Å². The quantitative estimate of drug-likeness (QED) is 0.833. The number of nitrogens with zero attached hydrogens (tertiary/aromatic N) is 5. The van der Waals surface area contributed by atoms with Gasteiger partial charge in [-0.15, -0.1) is 0 Å². The number of piperazine rings is 1. The van der Waals surface area contributed by atoms with Crippen LogP contribution in [0.1, 0.15) is 16.2 Å². The van der Waals surface area contributed by atoms with E-state index >= 15 is 0 Å². The van der Waals surface area contributed by atoms with Crippen molar-refractivity contribution in [2.24, 2.45) is 0 Å². The van der Waals surface area contributed by atoms with Crippen LogP contribution in [-0.4, -0.2) is 63.9 Å². The fourth-order valence-electron chi connectivity index (χ4n) is 2.56. The van der Waals surface area contributed by atoms with E-state index in [4.69, 9.17) is 4.74 Å². The standard InChI is InChI=1S/C16H19N5O2/c1-23-15-10-14(18-12-19-15)16(22)21-8-6-20(7-9-21)11-13-4-2-3-5-17-13/h2-5,10,12H,6-9,11H2,1H3. The average Bonchev–Trinajstić information content (AvgIpc) is 2.63. The first-order valence-corrected chi connectivity index (χ1v) is 7.54. The van der Waals surface area contributed by atoms with Crippen LogP contribution in [0.3, 0.4) is 0 Å². The minimum atomic E-state index is -0.0804. The predicted molar refractivity (Wildman–Crippen MR) is 84.0 cm³/mol. The van der Waals surface area contributed by atoms with Crippen LogP contribution in [0.25, 0.3) is 0 Å². The largest absolute Gasteiger partial charge is 0.481 e. The molecular weight excluding hydrogens is 294 g/mol. The molecule has 3 heterocycles. The van der Waals surface area contributed by atoms with Gasteiger partial charge in [0.2, 0.25) is 5.88 Å². The topological polar surface area (TPSA) is 71.5 Å². The summed E-state index contributed by atoms with van der Waals surface area (Å²) >= 11 is 0. The third-order valence-corrected chi connectivity index (χ3v) is 3.84. The monoisotopic (exact) mass is 313 g/mol. The van der Waals surface area contributed by atoms with Crippen LogP contribution in [0.2, 0.25) is 0 Å². The lowest BCUT2D eigenvalue weighted by atomic mass is 10.2. The molecule has 1 fully saturated rings. The molecule has 0 bridgehead atoms. The number of hydrogen-bond donors (Lipinski definition) is 0. The van der Waals surface area contributed by atoms with Gasteiger partial charge in [0.15, 0.2) is 0 Å². The molecular formula is C16H19N5O2. The second-order valence-electron chi connectivity index (χ2n) is 5.34. The molecule has 0 atom stereocenters. The van der Waals surface area contributed by atoms with Crippen molar-refractivity contribution in [1.82, 2.24) is 24.8 Å². The number of carbonyl (C=O) groups excluding carboxylic acids is 1. The van der Waals surface area contributed by atoms with Gasteiger partial charge in [0.25, 0.3) is 5.91 Å². The molecule has 1 saturated heterocycles. The van der Waals surface area contributed by atoms with E-state index in [1.807, 2.05) is 23.1 Å². The summed E-state index contributed by atoms with van der Waals surface area (Å²) in [5.74, 6) is 0.320. The first kappa shape index (κ1) is 15.4. The minimum absolute atomic E-state index is 0.0804. The van der Waals surface area contributed by atoms with Gasteiger partial charge >= 0.3 is 0 Å². The highest BCUT2D eigenvalue weighted by atomic mass is 16.5. The predicted octanol–water partition coefficient (Wildman–Crippen LogP) is 0.838. The van der Waals surface area contributed by atoms with Crippen molar-refractivity contribution < 1.29 is 9.53 Å². The van der Waals surface area contributed by atoms with Gasteiger partial charge in [-0.25, -0.2) is 9.97 Å². The Bertz CT molecular complexity index is 657. The summed E-state index contributed by atoms with van der Waals surface area (Å²) in [6, 6.07) is 7.49. The van der Waals surface area contributed by atoms with Crippen molar-refractivity contribution in [3.63, 3.8) is 0 Å². The maximum atomic E-state index is 12.5. The van der Waals surface area contributed by atoms with Crippen molar-refractivity contribution in [3.8, 4) is 5.88 Å². The van der Waals surface area contributed by atoms with Crippen molar-refractivity contribution in [3.05, 3.63) is 48.2 Å². The Kier molecular flexibility index (Phi) is 4.77. The van der Waals surface area contributed by atoms with Crippen LogP contribution in [0.4, 0.5) is 0 Å². The molecule has 7 nitrogen and oxygen atoms in total. The molecule has 0 saturated carbocycles. The Balaban J connectivity index is 1.57. The van der Waals surface area contributed by atoms with E-state index in [2.05, 4.69) is 19.9 Å². The van der Waals surface area contributed by atoms with Gasteiger partial charge < -0.3 is 9.64 Å². The number of carbonyl (C=O) groups is 1. The van der Waals surface area contributed by atoms with E-state index in [-0.39, 0.29) is 5.91 Å². The molecule has 2 aromatic heterocycles. The normalized spacial score (nSPS) is 15.4. The highest BCUT2D eigenvalue weighted by Crippen LogP contribution is 2.12. The SMILES string of the molecule is COc1cc(C(=O)N2CCN(Cc3ccccn3)CC2)ncn1. The van der Waals surface area contributed by atoms with Crippen LogP contribution in [-0.2, 0) is 6.54 Å². The van der Waals surface area contributed by atoms with Crippen LogP contribution < -0.4 is 4.74 Å². The van der Waals surface area contributed by atoms with E-state index in [1.54, 1.807) is 12.3 Å². The van der Waals surface area contributed by atoms with Gasteiger partial charge in [0.1, 0.15) is 12.0 Å². The van der Waals surface area contributed by atoms with Crippen LogP contribution in [0, 0.1) is 0 Å². The Labute approximate surface area is 134 Å². The lowest BCUT2D eigenvalue weighted by molar-refractivity contribution is 0.0620. The zero-order valence-electron chi connectivity index (χ0n) is 13.1. The number of hydrogen-bond acceptors (Lipinski definition) is 6. The lowest BCUT2D eigenvalue weighted by Crippen LogP contribution is -2.48. The molecule has 0 radical (unpaired) electrons. The second kappa shape index (κ2) is 7.15. The smallest absolute Gasteiger partial charge is 0.272 e. The molecule has 0 N–H and O–H groups in total. The summed E-state index contributed by atoms with van der Waals surface area (Å²) in [6.45, 7) is 3.81. The number of methoxy groups -OCH3 is 1. The van der Waals surface area contributed by atoms with Crippen LogP contribution in [0.5, 0.6) is 5.88 Å². The summed E-state index contributed by atoms with van der Waals surface area (Å²) in [5, 5.41) is 0. The summed E-state index contributed by atoms with van der Waals surface area (Å²) < 4.78 is 5.04. The first-order valence-electron chi connectivity index (χ1n) is 7.54. The average molecular weight is 313 g/mol. The van der Waals surface area contributed by atoms with Gasteiger partial charge in [-0.2, -0.15) is 0 Å². The molecule has 1 aliphatic rings. The zero-order chi connectivity index (χ0) is 16.1. The number of amides is 1. The Morgan fingerprint density at radius 1 is 1.17 bits per heavy atom. The van der Waals surface area contributed by atoms with Crippen molar-refractivity contribution in [2.45, 2.75) is 6.54 Å². The van der Waals surface area contributed by atoms with E-state index in [9.17, 15) is 4.79 Å². The van der Waals surface area contributed by atoms with Gasteiger partial charge in [0, 0.05) is 45.0 Å². The fraction of sp³-hybridized carbons (Fsp3) is 0.375. The maximum Gasteiger partial charge on any atom is 0.272 e. The molecule has 0 aliphatic carbocycles. The number of aromatic nitrogens is 3. The van der Waals surface area contributed by atoms with Crippen molar-refractivity contribution >= 4 is 5.91 Å². The summed E-state index contributed by atoms with van der Waals surface area (Å²) in [7, 11) is 1.52. The molecule has 120 valence electrons. The Morgan fingerprint density at radius 3 is 2.70 bits per heavy atom. The molecule has 7 heteroatoms. The van der Waals surface area contributed by atoms with E-state index in [0.717, 1.165) is 25.3 Å². The highest BCUT2D eigenvalue weighted by molar-refractivity contribution is 5.92. The van der Waals surface area contributed by atoms with Crippen LogP contribution in [0.15, 0.2) is 36.8 Å². The van der Waals surface area contributed by atoms with E-state index < -0.39 is 0 Å². The third-order valence-electron chi connectivity index (χ3n) is 3.84. The van der Waals surface area contributed by atoms with Crippen molar-refractivity contribution in [1.29, 1.82) is 0 Å². The Hall–Kier alpha value is -2.54. The molecule has 1 amide bonds. The third kappa shape index (κ3) is 3.81. The molecule has 1 aliphatic heterocycles. The molecule has 0 unspecified atom stereocenters. The molecule has 0 aromatic carbocycles. The van der Waals surface area contributed by atoms with Gasteiger partial charge in [0.05, 0.1) is 12.8 Å². The molecule has 3 rings (SSSR count). The van der Waals surface area contributed by atoms with Gasteiger partial charge in [-0.05, 0) is 12.1 Å². The summed E-state index contributed by atoms with van der Waals surface area (Å²) in [6.07, 6.45) is 3.15. The van der Waals surface area contributed by atoms with E-state index in [0.29, 0.717) is 24.7 Å². The number of pyridine rings is 1. The van der Waals surface area contributed by atoms with E-state index in [1.165, 1.54) is 13.4 Å². The molecule has 0 spiro atoms. The first-order chi connectivity index (χ1) is 11.3. The summed E-state index contributed by atoms with van der Waals surface area (Å²) in [5.41, 5.74) is 1.42. The van der Waals surface area contributed by atoms with Crippen molar-refractivity contribution in [2.75, 3.05) is 33.3 Å². The molecule has 2 aromatic rings. The summed E-state index contributed by atoms with van der Waals surface area (Å²) in [4.78, 5) is 28.9. The van der Waals surface area contributed by atoms with Gasteiger partial charge in [-0.1, -0.05) is 6.07 Å².